The molecule has 0 aliphatic carbocycles. The number of nitro groups is 1. The maximum absolute atomic E-state index is 10.2. The fourth-order valence-corrected chi connectivity index (χ4v) is 0.508. The summed E-state index contributed by atoms with van der Waals surface area (Å²) in [6, 6.07) is 0. The van der Waals surface area contributed by atoms with E-state index in [1.165, 1.54) is 13.0 Å². The van der Waals surface area contributed by atoms with E-state index in [2.05, 4.69) is 6.58 Å². The van der Waals surface area contributed by atoms with Crippen LogP contribution in [0.2, 0.25) is 0 Å². The first-order chi connectivity index (χ1) is 6.30. The van der Waals surface area contributed by atoms with Crippen LogP contribution in [0.15, 0.2) is 12.7 Å². The average molecular weight is 208 g/mol. The Balaban J connectivity index is 0. The summed E-state index contributed by atoms with van der Waals surface area (Å²) in [6.45, 7) is 4.29. The van der Waals surface area contributed by atoms with Crippen LogP contribution in [-0.2, 0) is 0 Å². The molecule has 8 heteroatoms. The van der Waals surface area contributed by atoms with Crippen molar-refractivity contribution in [3.8, 4) is 0 Å². The molecule has 14 heavy (non-hydrogen) atoms. The van der Waals surface area contributed by atoms with Crippen LogP contribution < -0.4 is 0 Å². The molecule has 0 aromatic heterocycles. The Morgan fingerprint density at radius 3 is 1.93 bits per heavy atom. The third-order valence-corrected chi connectivity index (χ3v) is 1.37. The van der Waals surface area contributed by atoms with E-state index in [9.17, 15) is 10.1 Å². The third-order valence-electron chi connectivity index (χ3n) is 1.37. The Morgan fingerprint density at radius 2 is 1.86 bits per heavy atom. The van der Waals surface area contributed by atoms with Gasteiger partial charge in [-0.2, -0.15) is 0 Å². The molecule has 0 aliphatic rings. The first-order valence-electron chi connectivity index (χ1n) is 3.49. The molecular weight excluding hydrogens is 196 g/mol. The predicted molar refractivity (Wildman–Crippen MR) is 46.1 cm³/mol. The van der Waals surface area contributed by atoms with Crippen LogP contribution in [-0.4, -0.2) is 32.5 Å². The fraction of sp³-hybridized carbons (Fsp3) is 0.667. The van der Waals surface area contributed by atoms with Gasteiger partial charge < -0.3 is 10.3 Å². The molecule has 0 amide bonds. The van der Waals surface area contributed by atoms with E-state index >= 15 is 0 Å². The minimum Gasteiger partial charge on any atom is -0.389 e. The smallest absolute Gasteiger partial charge is 0.291 e. The number of rotatable bonds is 4. The first kappa shape index (κ1) is 14.8. The third kappa shape index (κ3) is 6.98. The van der Waals surface area contributed by atoms with Gasteiger partial charge in [-0.15, -0.1) is 16.7 Å². The normalized spacial score (nSPS) is 13.0. The van der Waals surface area contributed by atoms with Gasteiger partial charge in [-0.1, -0.05) is 6.08 Å². The first-order valence-corrected chi connectivity index (χ1v) is 3.49. The molecule has 0 radical (unpaired) electrons. The average Bonchev–Trinajstić information content (AvgIpc) is 2.03. The molecule has 0 aromatic carbocycles. The SMILES string of the molecule is C=CCC(C)(CO)[N+](=O)[O-].O=[N+]([O-])O. The van der Waals surface area contributed by atoms with E-state index in [0.29, 0.717) is 0 Å². The van der Waals surface area contributed by atoms with E-state index in [0.717, 1.165) is 0 Å². The van der Waals surface area contributed by atoms with Gasteiger partial charge in [-0.25, -0.2) is 0 Å². The lowest BCUT2D eigenvalue weighted by molar-refractivity contribution is -0.742. The van der Waals surface area contributed by atoms with Crippen molar-refractivity contribution < 1.29 is 20.3 Å². The van der Waals surface area contributed by atoms with Gasteiger partial charge in [0.2, 0.25) is 5.54 Å². The highest BCUT2D eigenvalue weighted by molar-refractivity contribution is 4.82. The lowest BCUT2D eigenvalue weighted by Crippen LogP contribution is -2.38. The van der Waals surface area contributed by atoms with Gasteiger partial charge in [0.25, 0.3) is 5.09 Å². The Morgan fingerprint density at radius 1 is 1.50 bits per heavy atom. The highest BCUT2D eigenvalue weighted by atomic mass is 16.9. The van der Waals surface area contributed by atoms with Crippen molar-refractivity contribution in [1.29, 1.82) is 0 Å². The minimum atomic E-state index is -1.50. The fourth-order valence-electron chi connectivity index (χ4n) is 0.508. The van der Waals surface area contributed by atoms with Gasteiger partial charge in [0.1, 0.15) is 6.61 Å². The topological polar surface area (TPSA) is 127 Å². The van der Waals surface area contributed by atoms with Crippen molar-refractivity contribution in [3.05, 3.63) is 32.9 Å². The van der Waals surface area contributed by atoms with Gasteiger partial charge in [0, 0.05) is 18.3 Å². The molecule has 2 N–H and O–H groups in total. The van der Waals surface area contributed by atoms with Gasteiger partial charge >= 0.3 is 0 Å². The summed E-state index contributed by atoms with van der Waals surface area (Å²) in [5.41, 5.74) is -1.25. The molecule has 0 saturated carbocycles. The van der Waals surface area contributed by atoms with E-state index in [4.69, 9.17) is 20.4 Å². The Hall–Kier alpha value is -1.70. The molecule has 0 bridgehead atoms. The second-order valence-corrected chi connectivity index (χ2v) is 2.64. The Bertz CT molecular complexity index is 214. The molecule has 0 spiro atoms. The van der Waals surface area contributed by atoms with Crippen LogP contribution >= 0.6 is 0 Å². The van der Waals surface area contributed by atoms with Crippen molar-refractivity contribution in [2.45, 2.75) is 18.9 Å². The van der Waals surface area contributed by atoms with Crippen molar-refractivity contribution in [3.63, 3.8) is 0 Å². The summed E-state index contributed by atoms with van der Waals surface area (Å²) in [4.78, 5) is 18.1. The number of hydrogen-bond acceptors (Lipinski definition) is 5. The quantitative estimate of drug-likeness (QED) is 0.387. The molecule has 0 aliphatic heterocycles. The molecule has 0 saturated heterocycles. The maximum Gasteiger partial charge on any atom is 0.291 e. The summed E-state index contributed by atoms with van der Waals surface area (Å²) in [5, 5.41) is 32.5. The molecular formula is C6H12N2O6. The van der Waals surface area contributed by atoms with Crippen molar-refractivity contribution in [2.75, 3.05) is 6.61 Å². The minimum absolute atomic E-state index is 0.191. The second kappa shape index (κ2) is 6.78. The molecule has 0 fully saturated rings. The molecule has 0 aromatic rings. The summed E-state index contributed by atoms with van der Waals surface area (Å²) in [6.07, 6.45) is 1.62. The van der Waals surface area contributed by atoms with Gasteiger partial charge in [-0.3, -0.25) is 10.1 Å². The highest BCUT2D eigenvalue weighted by Crippen LogP contribution is 2.12. The van der Waals surface area contributed by atoms with Gasteiger partial charge in [-0.05, 0) is 0 Å². The van der Waals surface area contributed by atoms with Crippen LogP contribution in [0.5, 0.6) is 0 Å². The monoisotopic (exact) mass is 208 g/mol. The Kier molecular flexibility index (Phi) is 7.17. The summed E-state index contributed by atoms with van der Waals surface area (Å²) < 4.78 is 0. The summed E-state index contributed by atoms with van der Waals surface area (Å²) >= 11 is 0. The van der Waals surface area contributed by atoms with E-state index in [1.54, 1.807) is 0 Å². The zero-order valence-electron chi connectivity index (χ0n) is 7.62. The standard InChI is InChI=1S/C6H11NO3.HNO3/c1-3-4-6(2,5-8)7(9)10;2-1(3)4/h3,8H,1,4-5H2,2H3;(H,2,3,4). The van der Waals surface area contributed by atoms with Crippen LogP contribution in [0.4, 0.5) is 0 Å². The van der Waals surface area contributed by atoms with E-state index in [1.807, 2.05) is 0 Å². The largest absolute Gasteiger partial charge is 0.389 e. The van der Waals surface area contributed by atoms with Gasteiger partial charge in [0.05, 0.1) is 0 Å². The van der Waals surface area contributed by atoms with E-state index < -0.39 is 22.2 Å². The van der Waals surface area contributed by atoms with Crippen LogP contribution in [0.25, 0.3) is 0 Å². The number of aliphatic hydroxyl groups is 1. The van der Waals surface area contributed by atoms with Crippen molar-refractivity contribution in [1.82, 2.24) is 0 Å². The number of hydrogen-bond donors (Lipinski definition) is 2. The predicted octanol–water partition coefficient (Wildman–Crippen LogP) is 0.242. The Labute approximate surface area is 79.7 Å². The summed E-state index contributed by atoms with van der Waals surface area (Å²) in [5.74, 6) is 0. The lowest BCUT2D eigenvalue weighted by atomic mass is 10.0. The van der Waals surface area contributed by atoms with Crippen molar-refractivity contribution in [2.24, 2.45) is 0 Å². The number of nitrogens with zero attached hydrogens (tertiary/aromatic N) is 2. The molecule has 82 valence electrons. The summed E-state index contributed by atoms with van der Waals surface area (Å²) in [7, 11) is 0. The number of aliphatic hydroxyl groups excluding tert-OH is 1. The molecule has 0 rings (SSSR count). The second-order valence-electron chi connectivity index (χ2n) is 2.64. The molecule has 0 heterocycles. The van der Waals surface area contributed by atoms with Crippen LogP contribution in [0, 0.1) is 20.2 Å². The van der Waals surface area contributed by atoms with E-state index in [-0.39, 0.29) is 6.42 Å². The maximum atomic E-state index is 10.2. The molecule has 8 nitrogen and oxygen atoms in total. The molecule has 1 atom stereocenters. The van der Waals surface area contributed by atoms with Crippen molar-refractivity contribution >= 4 is 0 Å². The van der Waals surface area contributed by atoms with Crippen LogP contribution in [0.3, 0.4) is 0 Å². The lowest BCUT2D eigenvalue weighted by Gasteiger charge is -2.15. The molecule has 1 unspecified atom stereocenters. The zero-order chi connectivity index (χ0) is 11.8. The van der Waals surface area contributed by atoms with Gasteiger partial charge in [0.15, 0.2) is 0 Å². The zero-order valence-corrected chi connectivity index (χ0v) is 7.62. The van der Waals surface area contributed by atoms with Crippen LogP contribution in [0.1, 0.15) is 13.3 Å². The highest BCUT2D eigenvalue weighted by Gasteiger charge is 2.34.